The third-order valence-corrected chi connectivity index (χ3v) is 3.89. The first-order valence-electron chi connectivity index (χ1n) is 7.48. The van der Waals surface area contributed by atoms with E-state index >= 15 is 0 Å². The summed E-state index contributed by atoms with van der Waals surface area (Å²) in [7, 11) is 1.84. The zero-order chi connectivity index (χ0) is 14.5. The Hall–Kier alpha value is -1.49. The van der Waals surface area contributed by atoms with E-state index in [2.05, 4.69) is 17.1 Å². The van der Waals surface area contributed by atoms with Gasteiger partial charge in [0.15, 0.2) is 0 Å². The standard InChI is InChI=1S/C15H26N4O/c1-12(10-19-6-4-3-5-7-19)9-17-15(20)14-8-13(16)11-18(14)2/h8,11-12H,3-7,9-10,16H2,1-2H3,(H,17,20). The number of aromatic nitrogens is 1. The van der Waals surface area contributed by atoms with Crippen LogP contribution in [0.1, 0.15) is 36.7 Å². The van der Waals surface area contributed by atoms with E-state index < -0.39 is 0 Å². The molecule has 1 aliphatic heterocycles. The van der Waals surface area contributed by atoms with E-state index in [-0.39, 0.29) is 5.91 Å². The average Bonchev–Trinajstić information content (AvgIpc) is 2.76. The van der Waals surface area contributed by atoms with Gasteiger partial charge in [-0.2, -0.15) is 0 Å². The van der Waals surface area contributed by atoms with Crippen LogP contribution in [-0.4, -0.2) is 41.6 Å². The molecule has 1 aliphatic rings. The van der Waals surface area contributed by atoms with Gasteiger partial charge in [-0.3, -0.25) is 4.79 Å². The Morgan fingerprint density at radius 2 is 2.10 bits per heavy atom. The number of likely N-dealkylation sites (tertiary alicyclic amines) is 1. The second-order valence-corrected chi connectivity index (χ2v) is 5.95. The van der Waals surface area contributed by atoms with E-state index in [1.165, 1.54) is 32.4 Å². The summed E-state index contributed by atoms with van der Waals surface area (Å²) >= 11 is 0. The molecular formula is C15H26N4O. The lowest BCUT2D eigenvalue weighted by molar-refractivity contribution is 0.0934. The number of aryl methyl sites for hydroxylation is 1. The number of nitrogens with one attached hydrogen (secondary N) is 1. The van der Waals surface area contributed by atoms with Crippen molar-refractivity contribution in [2.75, 3.05) is 31.9 Å². The zero-order valence-corrected chi connectivity index (χ0v) is 12.6. The summed E-state index contributed by atoms with van der Waals surface area (Å²) in [6, 6.07) is 1.71. The largest absolute Gasteiger partial charge is 0.397 e. The van der Waals surface area contributed by atoms with Gasteiger partial charge < -0.3 is 20.5 Å². The van der Waals surface area contributed by atoms with Gasteiger partial charge in [-0.15, -0.1) is 0 Å². The highest BCUT2D eigenvalue weighted by molar-refractivity contribution is 5.93. The Morgan fingerprint density at radius 3 is 2.70 bits per heavy atom. The number of hydrogen-bond donors (Lipinski definition) is 2. The molecule has 1 aromatic rings. The van der Waals surface area contributed by atoms with Crippen LogP contribution >= 0.6 is 0 Å². The predicted molar refractivity (Wildman–Crippen MR) is 81.6 cm³/mol. The van der Waals surface area contributed by atoms with Crippen LogP contribution in [0, 0.1) is 5.92 Å². The lowest BCUT2D eigenvalue weighted by Gasteiger charge is -2.29. The smallest absolute Gasteiger partial charge is 0.267 e. The van der Waals surface area contributed by atoms with E-state index in [9.17, 15) is 4.79 Å². The molecule has 20 heavy (non-hydrogen) atoms. The summed E-state index contributed by atoms with van der Waals surface area (Å²) in [5.74, 6) is 0.421. The molecule has 1 saturated heterocycles. The number of rotatable bonds is 5. The molecule has 0 bridgehead atoms. The van der Waals surface area contributed by atoms with Crippen LogP contribution in [-0.2, 0) is 7.05 Å². The number of nitrogen functional groups attached to an aromatic ring is 1. The monoisotopic (exact) mass is 278 g/mol. The molecule has 3 N–H and O–H groups in total. The fraction of sp³-hybridized carbons (Fsp3) is 0.667. The van der Waals surface area contributed by atoms with Crippen LogP contribution in [0.15, 0.2) is 12.3 Å². The zero-order valence-electron chi connectivity index (χ0n) is 12.6. The van der Waals surface area contributed by atoms with Gasteiger partial charge in [0.1, 0.15) is 5.69 Å². The maximum Gasteiger partial charge on any atom is 0.267 e. The fourth-order valence-electron chi connectivity index (χ4n) is 2.82. The first kappa shape index (κ1) is 14.9. The van der Waals surface area contributed by atoms with Crippen LogP contribution in [0.2, 0.25) is 0 Å². The van der Waals surface area contributed by atoms with Gasteiger partial charge in [-0.25, -0.2) is 0 Å². The van der Waals surface area contributed by atoms with Gasteiger partial charge in [0.05, 0.1) is 5.69 Å². The molecule has 112 valence electrons. The Kier molecular flexibility index (Phi) is 5.06. The van der Waals surface area contributed by atoms with Gasteiger partial charge in [0, 0.05) is 26.3 Å². The molecular weight excluding hydrogens is 252 g/mol. The SMILES string of the molecule is CC(CNC(=O)c1cc(N)cn1C)CN1CCCCC1. The quantitative estimate of drug-likeness (QED) is 0.857. The summed E-state index contributed by atoms with van der Waals surface area (Å²) in [5.41, 5.74) is 6.93. The molecule has 2 rings (SSSR count). The highest BCUT2D eigenvalue weighted by Gasteiger charge is 2.15. The van der Waals surface area contributed by atoms with Crippen molar-refractivity contribution >= 4 is 11.6 Å². The van der Waals surface area contributed by atoms with Crippen molar-refractivity contribution in [3.05, 3.63) is 18.0 Å². The Labute approximate surface area is 121 Å². The highest BCUT2D eigenvalue weighted by Crippen LogP contribution is 2.11. The number of anilines is 1. The van der Waals surface area contributed by atoms with Crippen molar-refractivity contribution < 1.29 is 4.79 Å². The summed E-state index contributed by atoms with van der Waals surface area (Å²) in [6.07, 6.45) is 5.73. The number of piperidine rings is 1. The highest BCUT2D eigenvalue weighted by atomic mass is 16.1. The van der Waals surface area contributed by atoms with Crippen LogP contribution in [0.25, 0.3) is 0 Å². The molecule has 0 spiro atoms. The number of amides is 1. The van der Waals surface area contributed by atoms with Gasteiger partial charge >= 0.3 is 0 Å². The third-order valence-electron chi connectivity index (χ3n) is 3.89. The van der Waals surface area contributed by atoms with E-state index in [0.717, 1.165) is 6.54 Å². The van der Waals surface area contributed by atoms with Crippen molar-refractivity contribution in [1.29, 1.82) is 0 Å². The molecule has 1 amide bonds. The summed E-state index contributed by atoms with van der Waals surface area (Å²) in [6.45, 7) is 6.36. The fourth-order valence-corrected chi connectivity index (χ4v) is 2.82. The summed E-state index contributed by atoms with van der Waals surface area (Å²) < 4.78 is 1.76. The minimum Gasteiger partial charge on any atom is -0.397 e. The number of hydrogen-bond acceptors (Lipinski definition) is 3. The van der Waals surface area contributed by atoms with E-state index in [0.29, 0.717) is 23.8 Å². The minimum atomic E-state index is -0.0466. The molecule has 1 aromatic heterocycles. The maximum atomic E-state index is 12.1. The lowest BCUT2D eigenvalue weighted by Crippen LogP contribution is -2.38. The molecule has 2 heterocycles. The van der Waals surface area contributed by atoms with Gasteiger partial charge in [0.25, 0.3) is 5.91 Å². The summed E-state index contributed by atoms with van der Waals surface area (Å²) in [4.78, 5) is 14.6. The van der Waals surface area contributed by atoms with Gasteiger partial charge in [-0.05, 0) is 37.9 Å². The van der Waals surface area contributed by atoms with Crippen LogP contribution in [0.3, 0.4) is 0 Å². The Balaban J connectivity index is 1.76. The first-order valence-corrected chi connectivity index (χ1v) is 7.48. The molecule has 1 fully saturated rings. The van der Waals surface area contributed by atoms with Crippen molar-refractivity contribution in [1.82, 2.24) is 14.8 Å². The van der Waals surface area contributed by atoms with Crippen molar-refractivity contribution in [2.45, 2.75) is 26.2 Å². The molecule has 0 aliphatic carbocycles. The summed E-state index contributed by atoms with van der Waals surface area (Å²) in [5, 5.41) is 3.00. The van der Waals surface area contributed by atoms with Crippen molar-refractivity contribution in [3.8, 4) is 0 Å². The average molecular weight is 278 g/mol. The minimum absolute atomic E-state index is 0.0466. The van der Waals surface area contributed by atoms with E-state index in [1.807, 2.05) is 7.05 Å². The molecule has 1 atom stereocenters. The third kappa shape index (κ3) is 4.00. The second kappa shape index (κ2) is 6.79. The second-order valence-electron chi connectivity index (χ2n) is 5.95. The molecule has 0 aromatic carbocycles. The lowest BCUT2D eigenvalue weighted by atomic mass is 10.1. The van der Waals surface area contributed by atoms with Crippen LogP contribution < -0.4 is 11.1 Å². The molecule has 5 nitrogen and oxygen atoms in total. The Bertz CT molecular complexity index is 449. The number of carbonyl (C=O) groups excluding carboxylic acids is 1. The first-order chi connectivity index (χ1) is 9.56. The van der Waals surface area contributed by atoms with E-state index in [4.69, 9.17) is 5.73 Å². The van der Waals surface area contributed by atoms with E-state index in [1.54, 1.807) is 16.8 Å². The van der Waals surface area contributed by atoms with Crippen molar-refractivity contribution in [3.63, 3.8) is 0 Å². The normalized spacial score (nSPS) is 17.9. The molecule has 1 unspecified atom stereocenters. The van der Waals surface area contributed by atoms with Crippen LogP contribution in [0.5, 0.6) is 0 Å². The number of nitrogens with zero attached hydrogens (tertiary/aromatic N) is 2. The molecule has 0 saturated carbocycles. The topological polar surface area (TPSA) is 63.3 Å². The number of carbonyl (C=O) groups is 1. The van der Waals surface area contributed by atoms with Crippen LogP contribution in [0.4, 0.5) is 5.69 Å². The van der Waals surface area contributed by atoms with Gasteiger partial charge in [0.2, 0.25) is 0 Å². The Morgan fingerprint density at radius 1 is 1.40 bits per heavy atom. The maximum absolute atomic E-state index is 12.1. The number of nitrogens with two attached hydrogens (primary N) is 1. The molecule has 0 radical (unpaired) electrons. The predicted octanol–water partition coefficient (Wildman–Crippen LogP) is 1.46. The molecule has 5 heteroatoms. The van der Waals surface area contributed by atoms with Gasteiger partial charge in [-0.1, -0.05) is 13.3 Å². The van der Waals surface area contributed by atoms with Crippen molar-refractivity contribution in [2.24, 2.45) is 13.0 Å².